The summed E-state index contributed by atoms with van der Waals surface area (Å²) >= 11 is 1.80. The van der Waals surface area contributed by atoms with E-state index in [-0.39, 0.29) is 17.3 Å². The molecule has 2 heterocycles. The number of fused-ring (bicyclic) bond motifs is 1. The van der Waals surface area contributed by atoms with Crippen LogP contribution in [-0.4, -0.2) is 34.9 Å². The van der Waals surface area contributed by atoms with Gasteiger partial charge in [-0.15, -0.1) is 11.3 Å². The van der Waals surface area contributed by atoms with Crippen LogP contribution in [0, 0.1) is 10.1 Å². The van der Waals surface area contributed by atoms with E-state index in [1.165, 1.54) is 22.6 Å². The highest BCUT2D eigenvalue weighted by Crippen LogP contribution is 2.25. The zero-order chi connectivity index (χ0) is 17.1. The molecule has 126 valence electrons. The maximum Gasteiger partial charge on any atom is 0.282 e. The molecule has 0 fully saturated rings. The number of rotatable bonds is 5. The molecule has 2 aromatic rings. The van der Waals surface area contributed by atoms with Crippen LogP contribution < -0.4 is 5.32 Å². The molecule has 1 aliphatic rings. The molecule has 1 aromatic heterocycles. The lowest BCUT2D eigenvalue weighted by molar-refractivity contribution is -0.385. The fourth-order valence-electron chi connectivity index (χ4n) is 2.94. The molecule has 1 N–H and O–H groups in total. The van der Waals surface area contributed by atoms with Crippen molar-refractivity contribution in [2.45, 2.75) is 25.9 Å². The van der Waals surface area contributed by atoms with Crippen LogP contribution in [-0.2, 0) is 13.0 Å². The third-order valence-electron chi connectivity index (χ3n) is 4.36. The predicted octanol–water partition coefficient (Wildman–Crippen LogP) is 2.83. The van der Waals surface area contributed by atoms with Crippen molar-refractivity contribution in [1.82, 2.24) is 10.2 Å². The molecule has 1 atom stereocenters. The first kappa shape index (κ1) is 16.6. The maximum atomic E-state index is 12.3. The first-order valence-electron chi connectivity index (χ1n) is 7.87. The molecule has 0 bridgehead atoms. The minimum Gasteiger partial charge on any atom is -0.350 e. The second-order valence-electron chi connectivity index (χ2n) is 5.92. The quantitative estimate of drug-likeness (QED) is 0.668. The fourth-order valence-corrected chi connectivity index (χ4v) is 3.83. The Labute approximate surface area is 144 Å². The molecule has 6 nitrogen and oxygen atoms in total. The van der Waals surface area contributed by atoms with Gasteiger partial charge < -0.3 is 5.32 Å². The minimum atomic E-state index is -0.527. The summed E-state index contributed by atoms with van der Waals surface area (Å²) in [7, 11) is 0. The van der Waals surface area contributed by atoms with Gasteiger partial charge in [-0.05, 0) is 36.4 Å². The topological polar surface area (TPSA) is 75.5 Å². The van der Waals surface area contributed by atoms with Gasteiger partial charge in [0, 0.05) is 36.6 Å². The van der Waals surface area contributed by atoms with E-state index < -0.39 is 10.8 Å². The van der Waals surface area contributed by atoms with Crippen molar-refractivity contribution in [3.8, 4) is 0 Å². The summed E-state index contributed by atoms with van der Waals surface area (Å²) in [6.07, 6.45) is 1.04. The SMILES string of the molecule is C[C@H](CNC(=O)c1ccccc1[N+](=O)[O-])N1CCc2sccc2C1. The van der Waals surface area contributed by atoms with Crippen molar-refractivity contribution < 1.29 is 9.72 Å². The zero-order valence-electron chi connectivity index (χ0n) is 13.4. The average Bonchev–Trinajstić information content (AvgIpc) is 3.06. The molecule has 3 rings (SSSR count). The summed E-state index contributed by atoms with van der Waals surface area (Å²) in [4.78, 5) is 26.6. The number of carbonyl (C=O) groups is 1. The maximum absolute atomic E-state index is 12.3. The minimum absolute atomic E-state index is 0.105. The molecule has 1 aromatic carbocycles. The van der Waals surface area contributed by atoms with Gasteiger partial charge in [0.2, 0.25) is 0 Å². The van der Waals surface area contributed by atoms with Crippen LogP contribution in [0.25, 0.3) is 0 Å². The molecular weight excluding hydrogens is 326 g/mol. The number of amides is 1. The Balaban J connectivity index is 1.60. The third kappa shape index (κ3) is 3.47. The van der Waals surface area contributed by atoms with Crippen LogP contribution in [0.3, 0.4) is 0 Å². The van der Waals surface area contributed by atoms with Crippen LogP contribution in [0.2, 0.25) is 0 Å². The zero-order valence-corrected chi connectivity index (χ0v) is 14.2. The van der Waals surface area contributed by atoms with E-state index in [1.807, 2.05) is 0 Å². The Morgan fingerprint density at radius 1 is 1.42 bits per heavy atom. The second kappa shape index (κ2) is 7.11. The number of nitro benzene ring substituents is 1. The first-order valence-corrected chi connectivity index (χ1v) is 8.75. The molecule has 0 radical (unpaired) electrons. The molecule has 1 amide bonds. The number of hydrogen-bond acceptors (Lipinski definition) is 5. The van der Waals surface area contributed by atoms with Gasteiger partial charge in [0.1, 0.15) is 5.56 Å². The molecule has 0 saturated carbocycles. The number of nitro groups is 1. The van der Waals surface area contributed by atoms with Gasteiger partial charge in [-0.1, -0.05) is 12.1 Å². The lowest BCUT2D eigenvalue weighted by atomic mass is 10.1. The average molecular weight is 345 g/mol. The summed E-state index contributed by atoms with van der Waals surface area (Å²) in [5, 5.41) is 16.0. The number of benzene rings is 1. The van der Waals surface area contributed by atoms with Crippen LogP contribution in [0.15, 0.2) is 35.7 Å². The van der Waals surface area contributed by atoms with E-state index >= 15 is 0 Å². The van der Waals surface area contributed by atoms with Crippen LogP contribution in [0.1, 0.15) is 27.7 Å². The van der Waals surface area contributed by atoms with E-state index in [0.717, 1.165) is 19.5 Å². The van der Waals surface area contributed by atoms with Crippen molar-refractivity contribution in [2.75, 3.05) is 13.1 Å². The molecule has 7 heteroatoms. The Hall–Kier alpha value is -2.25. The molecule has 0 unspecified atom stereocenters. The highest BCUT2D eigenvalue weighted by molar-refractivity contribution is 7.10. The highest BCUT2D eigenvalue weighted by Gasteiger charge is 2.23. The number of hydrogen-bond donors (Lipinski definition) is 1. The van der Waals surface area contributed by atoms with Gasteiger partial charge in [-0.3, -0.25) is 19.8 Å². The lowest BCUT2D eigenvalue weighted by Gasteiger charge is -2.32. The van der Waals surface area contributed by atoms with Gasteiger partial charge in [0.15, 0.2) is 0 Å². The van der Waals surface area contributed by atoms with Gasteiger partial charge in [-0.25, -0.2) is 0 Å². The molecule has 24 heavy (non-hydrogen) atoms. The highest BCUT2D eigenvalue weighted by atomic mass is 32.1. The summed E-state index contributed by atoms with van der Waals surface area (Å²) in [5.74, 6) is -0.401. The second-order valence-corrected chi connectivity index (χ2v) is 6.92. The standard InChI is InChI=1S/C17H19N3O3S/c1-12(19-8-6-16-13(11-19)7-9-24-16)10-18-17(21)14-4-2-3-5-15(14)20(22)23/h2-5,7,9,12H,6,8,10-11H2,1H3,(H,18,21)/t12-/m1/s1. The Bertz CT molecular complexity index is 759. The number of carbonyl (C=O) groups excluding carboxylic acids is 1. The summed E-state index contributed by atoms with van der Waals surface area (Å²) < 4.78 is 0. The molecule has 0 spiro atoms. The normalized spacial score (nSPS) is 15.5. The summed E-state index contributed by atoms with van der Waals surface area (Å²) in [6.45, 7) is 4.39. The predicted molar refractivity (Wildman–Crippen MR) is 93.3 cm³/mol. The molecular formula is C17H19N3O3S. The van der Waals surface area contributed by atoms with Crippen molar-refractivity contribution in [2.24, 2.45) is 0 Å². The van der Waals surface area contributed by atoms with E-state index in [4.69, 9.17) is 0 Å². The van der Waals surface area contributed by atoms with Crippen molar-refractivity contribution >= 4 is 22.9 Å². The van der Waals surface area contributed by atoms with Crippen LogP contribution >= 0.6 is 11.3 Å². The first-order chi connectivity index (χ1) is 11.6. The number of nitrogens with zero attached hydrogens (tertiary/aromatic N) is 2. The monoisotopic (exact) mass is 345 g/mol. The van der Waals surface area contributed by atoms with E-state index in [2.05, 4.69) is 28.6 Å². The largest absolute Gasteiger partial charge is 0.350 e. The van der Waals surface area contributed by atoms with Gasteiger partial charge in [-0.2, -0.15) is 0 Å². The molecule has 0 saturated heterocycles. The Morgan fingerprint density at radius 3 is 3.00 bits per heavy atom. The van der Waals surface area contributed by atoms with E-state index in [9.17, 15) is 14.9 Å². The fraction of sp³-hybridized carbons (Fsp3) is 0.353. The molecule has 1 aliphatic heterocycles. The third-order valence-corrected chi connectivity index (χ3v) is 5.39. The van der Waals surface area contributed by atoms with E-state index in [1.54, 1.807) is 23.5 Å². The van der Waals surface area contributed by atoms with Gasteiger partial charge >= 0.3 is 0 Å². The number of para-hydroxylation sites is 1. The van der Waals surface area contributed by atoms with Crippen molar-refractivity contribution in [1.29, 1.82) is 0 Å². The number of thiophene rings is 1. The van der Waals surface area contributed by atoms with Crippen LogP contribution in [0.5, 0.6) is 0 Å². The Kier molecular flexibility index (Phi) is 4.92. The number of nitrogens with one attached hydrogen (secondary N) is 1. The van der Waals surface area contributed by atoms with Crippen molar-refractivity contribution in [3.63, 3.8) is 0 Å². The van der Waals surface area contributed by atoms with E-state index in [0.29, 0.717) is 6.54 Å². The summed E-state index contributed by atoms with van der Waals surface area (Å²) in [6, 6.07) is 8.35. The smallest absolute Gasteiger partial charge is 0.282 e. The molecule has 0 aliphatic carbocycles. The van der Waals surface area contributed by atoms with Crippen LogP contribution in [0.4, 0.5) is 5.69 Å². The van der Waals surface area contributed by atoms with Crippen molar-refractivity contribution in [3.05, 3.63) is 61.8 Å². The van der Waals surface area contributed by atoms with Gasteiger partial charge in [0.05, 0.1) is 4.92 Å². The Morgan fingerprint density at radius 2 is 2.21 bits per heavy atom. The van der Waals surface area contributed by atoms with Gasteiger partial charge in [0.25, 0.3) is 11.6 Å². The lowest BCUT2D eigenvalue weighted by Crippen LogP contribution is -2.44. The summed E-state index contributed by atoms with van der Waals surface area (Å²) in [5.41, 5.74) is 1.31.